The van der Waals surface area contributed by atoms with Gasteiger partial charge in [-0.3, -0.25) is 0 Å². The first-order chi connectivity index (χ1) is 9.85. The molecule has 0 bridgehead atoms. The van der Waals surface area contributed by atoms with E-state index in [9.17, 15) is 8.42 Å². The quantitative estimate of drug-likeness (QED) is 0.641. The molecule has 0 spiro atoms. The van der Waals surface area contributed by atoms with Crippen molar-refractivity contribution in [2.24, 2.45) is 0 Å². The van der Waals surface area contributed by atoms with Crippen molar-refractivity contribution in [2.45, 2.75) is 23.3 Å². The van der Waals surface area contributed by atoms with Crippen molar-refractivity contribution in [3.63, 3.8) is 0 Å². The molecule has 0 saturated heterocycles. The molecule has 3 rings (SSSR count). The standard InChI is InChI=1S/C16H14Cl2O2S/c1-9-5-3-7-11-13(9)14-10(2)6-4-8-12(14)16(18)21(19,20)15(11)17/h3-8,15-16H,1-2H3/t15-,16-/m0/s1. The smallest absolute Gasteiger partial charge is 0.192 e. The van der Waals surface area contributed by atoms with E-state index in [0.29, 0.717) is 11.1 Å². The molecule has 2 aromatic carbocycles. The highest BCUT2D eigenvalue weighted by molar-refractivity contribution is 7.94. The molecule has 0 amide bonds. The van der Waals surface area contributed by atoms with Gasteiger partial charge < -0.3 is 0 Å². The number of hydrogen-bond acceptors (Lipinski definition) is 2. The third-order valence-corrected chi connectivity index (χ3v) is 7.55. The number of hydrogen-bond donors (Lipinski definition) is 0. The summed E-state index contributed by atoms with van der Waals surface area (Å²) >= 11 is 12.6. The second-order valence-corrected chi connectivity index (χ2v) is 8.81. The minimum Gasteiger partial charge on any atom is -0.225 e. The van der Waals surface area contributed by atoms with Crippen molar-refractivity contribution < 1.29 is 8.42 Å². The Kier molecular flexibility index (Phi) is 3.55. The van der Waals surface area contributed by atoms with Crippen molar-refractivity contribution in [2.75, 3.05) is 0 Å². The maximum absolute atomic E-state index is 12.6. The fourth-order valence-corrected chi connectivity index (χ4v) is 5.35. The van der Waals surface area contributed by atoms with E-state index in [1.54, 1.807) is 12.1 Å². The Labute approximate surface area is 134 Å². The van der Waals surface area contributed by atoms with Gasteiger partial charge in [-0.25, -0.2) is 8.42 Å². The highest BCUT2D eigenvalue weighted by Crippen LogP contribution is 2.50. The molecule has 2 nitrogen and oxygen atoms in total. The van der Waals surface area contributed by atoms with Gasteiger partial charge in [0, 0.05) is 0 Å². The summed E-state index contributed by atoms with van der Waals surface area (Å²) in [6.07, 6.45) is 0. The second-order valence-electron chi connectivity index (χ2n) is 5.30. The van der Waals surface area contributed by atoms with Gasteiger partial charge in [-0.05, 0) is 47.2 Å². The number of rotatable bonds is 0. The zero-order valence-electron chi connectivity index (χ0n) is 11.6. The minimum atomic E-state index is -3.71. The fourth-order valence-electron chi connectivity index (χ4n) is 2.90. The van der Waals surface area contributed by atoms with E-state index in [-0.39, 0.29) is 0 Å². The maximum atomic E-state index is 12.6. The Balaban J connectivity index is 2.53. The average Bonchev–Trinajstić information content (AvgIpc) is 2.51. The Morgan fingerprint density at radius 1 is 0.810 bits per heavy atom. The Morgan fingerprint density at radius 3 is 1.57 bits per heavy atom. The second kappa shape index (κ2) is 5.01. The molecule has 1 aliphatic rings. The molecule has 0 unspecified atom stereocenters. The van der Waals surface area contributed by atoms with Crippen LogP contribution in [0, 0.1) is 13.8 Å². The molecule has 1 aliphatic heterocycles. The summed E-state index contributed by atoms with van der Waals surface area (Å²) in [4.78, 5) is 0. The van der Waals surface area contributed by atoms with Gasteiger partial charge >= 0.3 is 0 Å². The van der Waals surface area contributed by atoms with Crippen LogP contribution in [0.4, 0.5) is 0 Å². The van der Waals surface area contributed by atoms with Crippen molar-refractivity contribution in [3.05, 3.63) is 58.7 Å². The molecular weight excluding hydrogens is 327 g/mol. The van der Waals surface area contributed by atoms with Crippen molar-refractivity contribution in [3.8, 4) is 11.1 Å². The molecule has 1 heterocycles. The summed E-state index contributed by atoms with van der Waals surface area (Å²) in [6.45, 7) is 3.92. The summed E-state index contributed by atoms with van der Waals surface area (Å²) < 4.78 is 23.0. The van der Waals surface area contributed by atoms with Crippen molar-refractivity contribution in [1.82, 2.24) is 0 Å². The van der Waals surface area contributed by atoms with Gasteiger partial charge in [0.25, 0.3) is 0 Å². The predicted molar refractivity (Wildman–Crippen MR) is 87.5 cm³/mol. The van der Waals surface area contributed by atoms with E-state index in [0.717, 1.165) is 22.3 Å². The molecule has 0 radical (unpaired) electrons. The van der Waals surface area contributed by atoms with Crippen LogP contribution in [-0.2, 0) is 9.84 Å². The normalized spacial score (nSPS) is 23.0. The third kappa shape index (κ3) is 2.10. The van der Waals surface area contributed by atoms with Crippen LogP contribution < -0.4 is 0 Å². The Hall–Kier alpha value is -1.03. The molecule has 0 fully saturated rings. The molecule has 2 aromatic rings. The van der Waals surface area contributed by atoms with Gasteiger partial charge in [-0.15, -0.1) is 23.2 Å². The number of benzene rings is 2. The van der Waals surface area contributed by atoms with E-state index < -0.39 is 19.3 Å². The Bertz CT molecular complexity index is 765. The third-order valence-electron chi connectivity index (χ3n) is 3.93. The van der Waals surface area contributed by atoms with Gasteiger partial charge in [0.1, 0.15) is 0 Å². The number of alkyl halides is 2. The first-order valence-corrected chi connectivity index (χ1v) is 9.04. The summed E-state index contributed by atoms with van der Waals surface area (Å²) in [5, 5.41) is 0. The molecule has 0 saturated carbocycles. The van der Waals surface area contributed by atoms with Crippen molar-refractivity contribution in [1.29, 1.82) is 0 Å². The van der Waals surface area contributed by atoms with Crippen LogP contribution in [0.5, 0.6) is 0 Å². The van der Waals surface area contributed by atoms with Crippen LogP contribution in [-0.4, -0.2) is 8.42 Å². The lowest BCUT2D eigenvalue weighted by molar-refractivity contribution is 0.592. The molecule has 21 heavy (non-hydrogen) atoms. The summed E-state index contributed by atoms with van der Waals surface area (Å²) in [5.74, 6) is 0. The van der Waals surface area contributed by atoms with Gasteiger partial charge in [0.05, 0.1) is 0 Å². The lowest BCUT2D eigenvalue weighted by Crippen LogP contribution is -2.12. The van der Waals surface area contributed by atoms with Gasteiger partial charge in [0.15, 0.2) is 19.3 Å². The molecule has 5 heteroatoms. The topological polar surface area (TPSA) is 34.1 Å². The van der Waals surface area contributed by atoms with E-state index >= 15 is 0 Å². The Morgan fingerprint density at radius 2 is 1.19 bits per heavy atom. The van der Waals surface area contributed by atoms with Crippen LogP contribution in [0.25, 0.3) is 11.1 Å². The predicted octanol–water partition coefficient (Wildman–Crippen LogP) is 4.87. The SMILES string of the molecule is Cc1cccc2c1-c1c(C)cccc1[C@@H](Cl)S(=O)(=O)[C@@H]2Cl. The van der Waals surface area contributed by atoms with Crippen LogP contribution in [0.1, 0.15) is 31.7 Å². The monoisotopic (exact) mass is 340 g/mol. The number of aryl methyl sites for hydroxylation is 2. The van der Waals surface area contributed by atoms with Gasteiger partial charge in [-0.1, -0.05) is 36.4 Å². The zero-order chi connectivity index (χ0) is 15.4. The maximum Gasteiger partial charge on any atom is 0.192 e. The first kappa shape index (κ1) is 14.9. The summed E-state index contributed by atoms with van der Waals surface area (Å²) in [5.41, 5.74) is 4.98. The molecule has 2 atom stereocenters. The van der Waals surface area contributed by atoms with Gasteiger partial charge in [-0.2, -0.15) is 0 Å². The largest absolute Gasteiger partial charge is 0.225 e. The summed E-state index contributed by atoms with van der Waals surface area (Å²) in [6, 6.07) is 11.1. The van der Waals surface area contributed by atoms with E-state index in [1.807, 2.05) is 38.1 Å². The fraction of sp³-hybridized carbons (Fsp3) is 0.250. The summed E-state index contributed by atoms with van der Waals surface area (Å²) in [7, 11) is -3.71. The first-order valence-electron chi connectivity index (χ1n) is 6.56. The number of halogens is 2. The van der Waals surface area contributed by atoms with Crippen LogP contribution in [0.2, 0.25) is 0 Å². The van der Waals surface area contributed by atoms with Crippen molar-refractivity contribution >= 4 is 33.0 Å². The highest BCUT2D eigenvalue weighted by atomic mass is 35.5. The van der Waals surface area contributed by atoms with E-state index in [2.05, 4.69) is 0 Å². The number of sulfone groups is 1. The molecular formula is C16H14Cl2O2S. The lowest BCUT2D eigenvalue weighted by atomic mass is 9.89. The van der Waals surface area contributed by atoms with Crippen LogP contribution >= 0.6 is 23.2 Å². The molecule has 0 N–H and O–H groups in total. The van der Waals surface area contributed by atoms with Gasteiger partial charge in [0.2, 0.25) is 0 Å². The lowest BCUT2D eigenvalue weighted by Gasteiger charge is -2.15. The highest BCUT2D eigenvalue weighted by Gasteiger charge is 2.40. The molecule has 110 valence electrons. The average molecular weight is 341 g/mol. The molecule has 0 aliphatic carbocycles. The van der Waals surface area contributed by atoms with Crippen LogP contribution in [0.15, 0.2) is 36.4 Å². The number of fused-ring (bicyclic) bond motifs is 3. The van der Waals surface area contributed by atoms with Crippen LogP contribution in [0.3, 0.4) is 0 Å². The van der Waals surface area contributed by atoms with E-state index in [4.69, 9.17) is 23.2 Å². The molecule has 0 aromatic heterocycles. The minimum absolute atomic E-state index is 0.607. The van der Waals surface area contributed by atoms with E-state index in [1.165, 1.54) is 0 Å². The zero-order valence-corrected chi connectivity index (χ0v) is 13.9.